The third kappa shape index (κ3) is 4.58. The van der Waals surface area contributed by atoms with Gasteiger partial charge in [0.1, 0.15) is 12.1 Å². The van der Waals surface area contributed by atoms with E-state index >= 15 is 0 Å². The first-order valence-electron chi connectivity index (χ1n) is 9.04. The van der Waals surface area contributed by atoms with E-state index in [0.717, 1.165) is 44.6 Å². The molecule has 0 bridgehead atoms. The molecule has 1 aliphatic rings. The van der Waals surface area contributed by atoms with Gasteiger partial charge in [0.15, 0.2) is 5.69 Å². The summed E-state index contributed by atoms with van der Waals surface area (Å²) in [5.74, 6) is 0.578. The highest BCUT2D eigenvalue weighted by atomic mass is 16.5. The highest BCUT2D eigenvalue weighted by molar-refractivity contribution is 5.87. The number of nitrogens with zero attached hydrogens (tertiary/aromatic N) is 3. The third-order valence-corrected chi connectivity index (χ3v) is 5.03. The summed E-state index contributed by atoms with van der Waals surface area (Å²) in [6, 6.07) is 11.9. The molecule has 0 spiro atoms. The van der Waals surface area contributed by atoms with Crippen LogP contribution in [0.5, 0.6) is 0 Å². The van der Waals surface area contributed by atoms with E-state index in [-0.39, 0.29) is 11.8 Å². The summed E-state index contributed by atoms with van der Waals surface area (Å²) in [6.45, 7) is 1.62. The van der Waals surface area contributed by atoms with Crippen molar-refractivity contribution < 1.29 is 14.6 Å². The van der Waals surface area contributed by atoms with E-state index in [2.05, 4.69) is 27.0 Å². The first-order chi connectivity index (χ1) is 12.7. The Morgan fingerprint density at radius 2 is 2.00 bits per heavy atom. The fraction of sp³-hybridized carbons (Fsp3) is 0.450. The highest BCUT2D eigenvalue weighted by Gasteiger charge is 2.26. The molecule has 1 fully saturated rings. The van der Waals surface area contributed by atoms with Crippen LogP contribution >= 0.6 is 0 Å². The van der Waals surface area contributed by atoms with E-state index in [9.17, 15) is 9.90 Å². The van der Waals surface area contributed by atoms with Gasteiger partial charge in [-0.1, -0.05) is 30.3 Å². The number of carbonyl (C=O) groups is 1. The van der Waals surface area contributed by atoms with Crippen molar-refractivity contribution in [3.8, 4) is 0 Å². The number of aromatic nitrogens is 2. The van der Waals surface area contributed by atoms with E-state index in [4.69, 9.17) is 4.74 Å². The lowest BCUT2D eigenvalue weighted by Gasteiger charge is -2.35. The largest absolute Gasteiger partial charge is 0.464 e. The Bertz CT molecular complexity index is 715. The van der Waals surface area contributed by atoms with Crippen LogP contribution in [0, 0.1) is 5.92 Å². The third-order valence-electron chi connectivity index (χ3n) is 5.03. The summed E-state index contributed by atoms with van der Waals surface area (Å²) >= 11 is 0. The molecule has 1 aliphatic heterocycles. The van der Waals surface area contributed by atoms with Gasteiger partial charge in [0.05, 0.1) is 13.2 Å². The lowest BCUT2D eigenvalue weighted by molar-refractivity contribution is 0.0594. The van der Waals surface area contributed by atoms with Gasteiger partial charge in [-0.3, -0.25) is 0 Å². The van der Waals surface area contributed by atoms with Gasteiger partial charge < -0.3 is 14.7 Å². The van der Waals surface area contributed by atoms with Crippen LogP contribution < -0.4 is 4.90 Å². The fourth-order valence-corrected chi connectivity index (χ4v) is 3.44. The molecule has 0 saturated carbocycles. The van der Waals surface area contributed by atoms with E-state index in [0.29, 0.717) is 5.92 Å². The van der Waals surface area contributed by atoms with Crippen molar-refractivity contribution in [1.29, 1.82) is 0 Å². The number of anilines is 1. The standard InChI is InChI=1S/C20H25N3O3/c1-26-20(25)17-13-19(22-14-21-17)23-11-9-16(10-12-23)18(24)8-7-15-5-3-2-4-6-15/h2-6,13-14,16,18,24H,7-12H2,1H3/t18-/m0/s1. The number of esters is 1. The zero-order valence-electron chi connectivity index (χ0n) is 15.0. The van der Waals surface area contributed by atoms with E-state index in [1.54, 1.807) is 6.07 Å². The summed E-state index contributed by atoms with van der Waals surface area (Å²) in [5, 5.41) is 10.5. The predicted octanol–water partition coefficient (Wildman–Crippen LogP) is 2.47. The molecule has 138 valence electrons. The molecule has 6 nitrogen and oxygen atoms in total. The van der Waals surface area contributed by atoms with Crippen molar-refractivity contribution in [2.45, 2.75) is 31.8 Å². The molecule has 1 aromatic heterocycles. The summed E-state index contributed by atoms with van der Waals surface area (Å²) < 4.78 is 4.71. The van der Waals surface area contributed by atoms with Crippen molar-refractivity contribution in [3.05, 3.63) is 54.0 Å². The van der Waals surface area contributed by atoms with Crippen molar-refractivity contribution in [2.24, 2.45) is 5.92 Å². The summed E-state index contributed by atoms with van der Waals surface area (Å²) in [5.41, 5.74) is 1.53. The maximum absolute atomic E-state index is 11.6. The van der Waals surface area contributed by atoms with Gasteiger partial charge in [-0.25, -0.2) is 14.8 Å². The average Bonchev–Trinajstić information content (AvgIpc) is 2.72. The quantitative estimate of drug-likeness (QED) is 0.803. The van der Waals surface area contributed by atoms with Crippen LogP contribution in [-0.4, -0.2) is 47.3 Å². The Labute approximate surface area is 153 Å². The maximum atomic E-state index is 11.6. The van der Waals surface area contributed by atoms with E-state index in [1.807, 2.05) is 18.2 Å². The smallest absolute Gasteiger partial charge is 0.356 e. The zero-order valence-corrected chi connectivity index (χ0v) is 15.0. The number of piperidine rings is 1. The van der Waals surface area contributed by atoms with Crippen LogP contribution in [0.15, 0.2) is 42.7 Å². The number of benzene rings is 1. The average molecular weight is 355 g/mol. The lowest BCUT2D eigenvalue weighted by atomic mass is 9.88. The van der Waals surface area contributed by atoms with Crippen molar-refractivity contribution in [3.63, 3.8) is 0 Å². The van der Waals surface area contributed by atoms with Gasteiger partial charge in [0, 0.05) is 19.2 Å². The van der Waals surface area contributed by atoms with Crippen LogP contribution in [0.2, 0.25) is 0 Å². The molecule has 1 N–H and O–H groups in total. The normalized spacial score (nSPS) is 16.3. The van der Waals surface area contributed by atoms with E-state index in [1.165, 1.54) is 19.0 Å². The molecule has 1 atom stereocenters. The lowest BCUT2D eigenvalue weighted by Crippen LogP contribution is -2.38. The molecule has 2 aromatic rings. The van der Waals surface area contributed by atoms with Crippen LogP contribution in [-0.2, 0) is 11.2 Å². The minimum atomic E-state index is -0.458. The summed E-state index contributed by atoms with van der Waals surface area (Å²) in [4.78, 5) is 22.0. The number of aliphatic hydroxyl groups excluding tert-OH is 1. The molecule has 1 saturated heterocycles. The predicted molar refractivity (Wildman–Crippen MR) is 99.1 cm³/mol. The van der Waals surface area contributed by atoms with Gasteiger partial charge in [0.2, 0.25) is 0 Å². The first kappa shape index (κ1) is 18.3. The molecule has 0 amide bonds. The Morgan fingerprint density at radius 1 is 1.27 bits per heavy atom. The van der Waals surface area contributed by atoms with Crippen molar-refractivity contribution in [2.75, 3.05) is 25.1 Å². The number of carbonyl (C=O) groups excluding carboxylic acids is 1. The molecule has 1 aromatic carbocycles. The Morgan fingerprint density at radius 3 is 2.69 bits per heavy atom. The Hall–Kier alpha value is -2.47. The second-order valence-corrected chi connectivity index (χ2v) is 6.67. The van der Waals surface area contributed by atoms with Crippen molar-refractivity contribution >= 4 is 11.8 Å². The monoisotopic (exact) mass is 355 g/mol. The minimum Gasteiger partial charge on any atom is -0.464 e. The molecule has 2 heterocycles. The molecular weight excluding hydrogens is 330 g/mol. The maximum Gasteiger partial charge on any atom is 0.356 e. The number of rotatable bonds is 6. The number of aryl methyl sites for hydroxylation is 1. The fourth-order valence-electron chi connectivity index (χ4n) is 3.44. The Balaban J connectivity index is 1.51. The van der Waals surface area contributed by atoms with Gasteiger partial charge in [-0.2, -0.15) is 0 Å². The number of hydrogen-bond acceptors (Lipinski definition) is 6. The van der Waals surface area contributed by atoms with Crippen LogP contribution in [0.4, 0.5) is 5.82 Å². The van der Waals surface area contributed by atoms with Crippen LogP contribution in [0.1, 0.15) is 35.3 Å². The molecule has 0 unspecified atom stereocenters. The number of ether oxygens (including phenoxy) is 1. The van der Waals surface area contributed by atoms with Crippen LogP contribution in [0.25, 0.3) is 0 Å². The SMILES string of the molecule is COC(=O)c1cc(N2CCC([C@@H](O)CCc3ccccc3)CC2)ncn1. The van der Waals surface area contributed by atoms with Gasteiger partial charge in [0.25, 0.3) is 0 Å². The molecular formula is C20H25N3O3. The summed E-state index contributed by atoms with van der Waals surface area (Å²) in [6.07, 6.45) is 4.61. The second-order valence-electron chi connectivity index (χ2n) is 6.67. The van der Waals surface area contributed by atoms with Gasteiger partial charge >= 0.3 is 5.97 Å². The molecule has 0 aliphatic carbocycles. The van der Waals surface area contributed by atoms with E-state index < -0.39 is 5.97 Å². The molecule has 6 heteroatoms. The zero-order chi connectivity index (χ0) is 18.4. The summed E-state index contributed by atoms with van der Waals surface area (Å²) in [7, 11) is 1.34. The highest BCUT2D eigenvalue weighted by Crippen LogP contribution is 2.26. The Kier molecular flexibility index (Phi) is 6.17. The number of hydrogen-bond donors (Lipinski definition) is 1. The second kappa shape index (κ2) is 8.76. The molecule has 26 heavy (non-hydrogen) atoms. The minimum absolute atomic E-state index is 0.266. The number of aliphatic hydroxyl groups is 1. The first-order valence-corrected chi connectivity index (χ1v) is 9.04. The van der Waals surface area contributed by atoms with Gasteiger partial charge in [-0.15, -0.1) is 0 Å². The number of methoxy groups -OCH3 is 1. The van der Waals surface area contributed by atoms with Crippen LogP contribution in [0.3, 0.4) is 0 Å². The molecule has 3 rings (SSSR count). The van der Waals surface area contributed by atoms with Crippen molar-refractivity contribution in [1.82, 2.24) is 9.97 Å². The van der Waals surface area contributed by atoms with Gasteiger partial charge in [-0.05, 0) is 37.2 Å². The topological polar surface area (TPSA) is 75.5 Å². The molecule has 0 radical (unpaired) electrons.